The molecule has 0 spiro atoms. The molecular formula is C19H21N3O3S. The number of benzene rings is 1. The topological polar surface area (TPSA) is 86.5 Å². The van der Waals surface area contributed by atoms with Crippen molar-refractivity contribution in [1.29, 1.82) is 5.41 Å². The molecule has 1 aliphatic rings. The second-order valence-corrected chi connectivity index (χ2v) is 7.62. The number of aliphatic hydroxyl groups excluding tert-OH is 1. The number of anilines is 1. The number of carbonyl (C=O) groups excluding carboxylic acids is 1. The first-order valence-corrected chi connectivity index (χ1v) is 9.13. The van der Waals surface area contributed by atoms with Crippen LogP contribution in [0.4, 0.5) is 5.69 Å². The molecule has 0 aliphatic carbocycles. The summed E-state index contributed by atoms with van der Waals surface area (Å²) in [4.78, 5) is 19.2. The highest BCUT2D eigenvalue weighted by Gasteiger charge is 2.31. The summed E-state index contributed by atoms with van der Waals surface area (Å²) in [6.07, 6.45) is -0.178. The van der Waals surface area contributed by atoms with Crippen molar-refractivity contribution >= 4 is 34.4 Å². The van der Waals surface area contributed by atoms with Gasteiger partial charge in [-0.1, -0.05) is 0 Å². The first kappa shape index (κ1) is 18.1. The fraction of sp³-hybridized carbons (Fsp3) is 0.316. The van der Waals surface area contributed by atoms with Crippen molar-refractivity contribution in [3.05, 3.63) is 51.2 Å². The fourth-order valence-electron chi connectivity index (χ4n) is 2.66. The number of rotatable bonds is 4. The number of aryl methyl sites for hydroxylation is 2. The lowest BCUT2D eigenvalue weighted by atomic mass is 10.2. The van der Waals surface area contributed by atoms with Crippen LogP contribution in [-0.4, -0.2) is 34.5 Å². The molecule has 1 aromatic carbocycles. The van der Waals surface area contributed by atoms with Crippen molar-refractivity contribution in [1.82, 2.24) is 4.98 Å². The van der Waals surface area contributed by atoms with Gasteiger partial charge in [0.2, 0.25) is 0 Å². The minimum Gasteiger partial charge on any atom is -0.510 e. The minimum absolute atomic E-state index is 0.132. The minimum atomic E-state index is -0.376. The van der Waals surface area contributed by atoms with Crippen molar-refractivity contribution in [3.63, 3.8) is 0 Å². The van der Waals surface area contributed by atoms with E-state index in [0.29, 0.717) is 16.1 Å². The van der Waals surface area contributed by atoms with Crippen LogP contribution >= 0.6 is 11.3 Å². The van der Waals surface area contributed by atoms with Crippen LogP contribution in [0.15, 0.2) is 30.0 Å². The maximum atomic E-state index is 11.9. The molecule has 2 heterocycles. The molecule has 136 valence electrons. The number of nitrogens with zero attached hydrogens (tertiary/aromatic N) is 2. The molecule has 0 fully saturated rings. The smallest absolute Gasteiger partial charge is 0.338 e. The molecule has 1 aliphatic heterocycles. The number of esters is 1. The van der Waals surface area contributed by atoms with E-state index in [0.717, 1.165) is 16.3 Å². The number of ether oxygens (including phenoxy) is 1. The van der Waals surface area contributed by atoms with E-state index < -0.39 is 0 Å². The molecule has 0 amide bonds. The molecule has 2 N–H and O–H groups in total. The van der Waals surface area contributed by atoms with Gasteiger partial charge in [-0.2, -0.15) is 0 Å². The summed E-state index contributed by atoms with van der Waals surface area (Å²) in [6.45, 7) is 7.70. The highest BCUT2D eigenvalue weighted by atomic mass is 32.1. The lowest BCUT2D eigenvalue weighted by molar-refractivity contribution is 0.0378. The Hall–Kier alpha value is -2.67. The van der Waals surface area contributed by atoms with Gasteiger partial charge in [-0.15, -0.1) is 11.3 Å². The molecule has 0 atom stereocenters. The molecule has 3 rings (SSSR count). The predicted octanol–water partition coefficient (Wildman–Crippen LogP) is 4.09. The van der Waals surface area contributed by atoms with Crippen molar-refractivity contribution in [3.8, 4) is 0 Å². The van der Waals surface area contributed by atoms with Gasteiger partial charge in [0.05, 0.1) is 29.5 Å². The van der Waals surface area contributed by atoms with Gasteiger partial charge < -0.3 is 14.7 Å². The zero-order valence-electron chi connectivity index (χ0n) is 15.2. The Morgan fingerprint density at radius 2 is 1.96 bits per heavy atom. The molecular weight excluding hydrogens is 350 g/mol. The monoisotopic (exact) mass is 371 g/mol. The molecule has 1 aromatic heterocycles. The van der Waals surface area contributed by atoms with Crippen molar-refractivity contribution in [2.45, 2.75) is 33.8 Å². The quantitative estimate of drug-likeness (QED) is 0.791. The Labute approximate surface area is 156 Å². The van der Waals surface area contributed by atoms with Gasteiger partial charge in [0.1, 0.15) is 16.6 Å². The maximum absolute atomic E-state index is 11.9. The summed E-state index contributed by atoms with van der Waals surface area (Å²) in [7, 11) is 0. The van der Waals surface area contributed by atoms with Crippen LogP contribution < -0.4 is 4.90 Å². The second kappa shape index (κ2) is 6.92. The Morgan fingerprint density at radius 1 is 1.31 bits per heavy atom. The summed E-state index contributed by atoms with van der Waals surface area (Å²) in [5, 5.41) is 19.5. The van der Waals surface area contributed by atoms with Gasteiger partial charge in [-0.3, -0.25) is 5.41 Å². The van der Waals surface area contributed by atoms with E-state index in [2.05, 4.69) is 4.98 Å². The van der Waals surface area contributed by atoms with E-state index in [1.54, 1.807) is 43.0 Å². The average Bonchev–Trinajstić information content (AvgIpc) is 3.05. The molecule has 26 heavy (non-hydrogen) atoms. The van der Waals surface area contributed by atoms with Crippen LogP contribution in [0.3, 0.4) is 0 Å². The number of carbonyl (C=O) groups is 1. The first-order chi connectivity index (χ1) is 12.3. The van der Waals surface area contributed by atoms with Crippen molar-refractivity contribution in [2.75, 3.05) is 11.4 Å². The largest absolute Gasteiger partial charge is 0.510 e. The molecule has 0 unspecified atom stereocenters. The van der Waals surface area contributed by atoms with Gasteiger partial charge in [0.25, 0.3) is 0 Å². The zero-order chi connectivity index (χ0) is 19.0. The predicted molar refractivity (Wildman–Crippen MR) is 103 cm³/mol. The molecule has 0 saturated carbocycles. The SMILES string of the molecule is Cc1nc(C2=C(O)CN(c3ccc(C(=O)OC(C)C)cc3)C2=N)sc1C. The van der Waals surface area contributed by atoms with Gasteiger partial charge in [-0.05, 0) is 52.0 Å². The normalized spacial score (nSPS) is 14.5. The molecule has 0 radical (unpaired) electrons. The third-order valence-electron chi connectivity index (χ3n) is 4.10. The van der Waals surface area contributed by atoms with Gasteiger partial charge in [0.15, 0.2) is 0 Å². The maximum Gasteiger partial charge on any atom is 0.338 e. The highest BCUT2D eigenvalue weighted by Crippen LogP contribution is 2.34. The number of hydrogen-bond donors (Lipinski definition) is 2. The van der Waals surface area contributed by atoms with E-state index >= 15 is 0 Å². The van der Waals surface area contributed by atoms with E-state index in [9.17, 15) is 9.90 Å². The van der Waals surface area contributed by atoms with E-state index in [-0.39, 0.29) is 30.2 Å². The molecule has 7 heteroatoms. The molecule has 0 bridgehead atoms. The van der Waals surface area contributed by atoms with Crippen molar-refractivity contribution in [2.24, 2.45) is 0 Å². The molecule has 6 nitrogen and oxygen atoms in total. The Bertz CT molecular complexity index is 878. The Morgan fingerprint density at radius 3 is 2.50 bits per heavy atom. The van der Waals surface area contributed by atoms with Crippen LogP contribution in [-0.2, 0) is 4.74 Å². The number of hydrogen-bond acceptors (Lipinski definition) is 6. The van der Waals surface area contributed by atoms with Crippen LogP contribution in [0.2, 0.25) is 0 Å². The van der Waals surface area contributed by atoms with Crippen molar-refractivity contribution < 1.29 is 14.6 Å². The van der Waals surface area contributed by atoms with Crippen LogP contribution in [0.25, 0.3) is 5.57 Å². The second-order valence-electron chi connectivity index (χ2n) is 6.42. The van der Waals surface area contributed by atoms with Gasteiger partial charge in [0, 0.05) is 10.6 Å². The van der Waals surface area contributed by atoms with E-state index in [1.165, 1.54) is 11.3 Å². The lowest BCUT2D eigenvalue weighted by Gasteiger charge is -2.19. The standard InChI is InChI=1S/C19H21N3O3S/c1-10(2)25-19(24)13-5-7-14(8-6-13)22-9-15(23)16(17(22)20)18-21-11(3)12(4)26-18/h5-8,10,20,23H,9H2,1-4H3. The highest BCUT2D eigenvalue weighted by molar-refractivity contribution is 7.13. The van der Waals surface area contributed by atoms with Crippen LogP contribution in [0, 0.1) is 19.3 Å². The summed E-state index contributed by atoms with van der Waals surface area (Å²) in [5.41, 5.74) is 2.55. The number of amidine groups is 1. The Balaban J connectivity index is 1.82. The fourth-order valence-corrected chi connectivity index (χ4v) is 3.65. The summed E-state index contributed by atoms with van der Waals surface area (Å²) >= 11 is 1.47. The summed E-state index contributed by atoms with van der Waals surface area (Å²) in [6, 6.07) is 6.83. The Kier molecular flexibility index (Phi) is 4.82. The third-order valence-corrected chi connectivity index (χ3v) is 5.19. The summed E-state index contributed by atoms with van der Waals surface area (Å²) in [5.74, 6) is -0.0424. The number of thiazole rings is 1. The summed E-state index contributed by atoms with van der Waals surface area (Å²) < 4.78 is 5.18. The number of aliphatic hydroxyl groups is 1. The molecule has 0 saturated heterocycles. The number of nitrogens with one attached hydrogen (secondary N) is 1. The first-order valence-electron chi connectivity index (χ1n) is 8.32. The van der Waals surface area contributed by atoms with E-state index in [4.69, 9.17) is 10.1 Å². The lowest BCUT2D eigenvalue weighted by Crippen LogP contribution is -2.26. The van der Waals surface area contributed by atoms with Gasteiger partial charge >= 0.3 is 5.97 Å². The third kappa shape index (κ3) is 3.35. The van der Waals surface area contributed by atoms with Crippen LogP contribution in [0.5, 0.6) is 0 Å². The zero-order valence-corrected chi connectivity index (χ0v) is 16.0. The van der Waals surface area contributed by atoms with E-state index in [1.807, 2.05) is 13.8 Å². The molecule has 2 aromatic rings. The number of aromatic nitrogens is 1. The average molecular weight is 371 g/mol. The van der Waals surface area contributed by atoms with Crippen LogP contribution in [0.1, 0.15) is 39.8 Å². The van der Waals surface area contributed by atoms with Gasteiger partial charge in [-0.25, -0.2) is 9.78 Å².